The number of halogens is 2. The van der Waals surface area contributed by atoms with E-state index in [-0.39, 0.29) is 23.6 Å². The number of nitrogens with zero attached hydrogens (tertiary/aromatic N) is 2. The van der Waals surface area contributed by atoms with Crippen LogP contribution in [0.25, 0.3) is 0 Å². The number of rotatable bonds is 5. The van der Waals surface area contributed by atoms with Gasteiger partial charge in [-0.1, -0.05) is 41.9 Å². The highest BCUT2D eigenvalue weighted by Crippen LogP contribution is 2.48. The Morgan fingerprint density at radius 1 is 1.26 bits per heavy atom. The van der Waals surface area contributed by atoms with E-state index < -0.39 is 0 Å². The van der Waals surface area contributed by atoms with E-state index >= 15 is 0 Å². The summed E-state index contributed by atoms with van der Waals surface area (Å²) in [6.07, 6.45) is 0.822. The molecular formula is C21H19ClFN3O. The lowest BCUT2D eigenvalue weighted by atomic mass is 10.1. The number of hydrogen-bond acceptors (Lipinski definition) is 2. The van der Waals surface area contributed by atoms with Crippen LogP contribution in [-0.4, -0.2) is 15.7 Å². The molecule has 138 valence electrons. The van der Waals surface area contributed by atoms with Crippen molar-refractivity contribution in [3.63, 3.8) is 0 Å². The van der Waals surface area contributed by atoms with Crippen molar-refractivity contribution in [3.8, 4) is 0 Å². The van der Waals surface area contributed by atoms with Crippen molar-refractivity contribution in [1.29, 1.82) is 0 Å². The second-order valence-electron chi connectivity index (χ2n) is 6.91. The molecule has 1 aromatic heterocycles. The fraction of sp³-hybridized carbons (Fsp3) is 0.238. The molecule has 4 rings (SSSR count). The second kappa shape index (κ2) is 7.16. The Morgan fingerprint density at radius 3 is 2.74 bits per heavy atom. The summed E-state index contributed by atoms with van der Waals surface area (Å²) in [5.41, 5.74) is 2.55. The molecule has 27 heavy (non-hydrogen) atoms. The van der Waals surface area contributed by atoms with Crippen molar-refractivity contribution in [3.05, 3.63) is 82.3 Å². The molecule has 0 radical (unpaired) electrons. The van der Waals surface area contributed by atoms with Gasteiger partial charge in [0.05, 0.1) is 6.54 Å². The first-order valence-corrected chi connectivity index (χ1v) is 9.23. The molecule has 0 bridgehead atoms. The Bertz CT molecular complexity index is 983. The van der Waals surface area contributed by atoms with Crippen molar-refractivity contribution in [1.82, 2.24) is 9.78 Å². The zero-order chi connectivity index (χ0) is 19.0. The first-order chi connectivity index (χ1) is 13.0. The van der Waals surface area contributed by atoms with Crippen LogP contribution in [0.5, 0.6) is 0 Å². The van der Waals surface area contributed by atoms with E-state index in [2.05, 4.69) is 10.4 Å². The van der Waals surface area contributed by atoms with Crippen molar-refractivity contribution in [2.45, 2.75) is 25.8 Å². The van der Waals surface area contributed by atoms with Crippen molar-refractivity contribution >= 4 is 23.3 Å². The molecule has 0 saturated heterocycles. The van der Waals surface area contributed by atoms with Gasteiger partial charge in [0.2, 0.25) is 5.91 Å². The van der Waals surface area contributed by atoms with Gasteiger partial charge in [-0.15, -0.1) is 0 Å². The average Bonchev–Trinajstić information content (AvgIpc) is 3.37. The first kappa shape index (κ1) is 17.7. The van der Waals surface area contributed by atoms with Crippen LogP contribution in [-0.2, 0) is 11.3 Å². The Morgan fingerprint density at radius 2 is 2.00 bits per heavy atom. The molecule has 1 aliphatic rings. The molecule has 3 aromatic rings. The van der Waals surface area contributed by atoms with Gasteiger partial charge in [-0.25, -0.2) is 4.39 Å². The minimum Gasteiger partial charge on any atom is -0.309 e. The van der Waals surface area contributed by atoms with Crippen molar-refractivity contribution in [2.75, 3.05) is 5.32 Å². The van der Waals surface area contributed by atoms with E-state index in [1.165, 1.54) is 6.07 Å². The molecule has 1 N–H and O–H groups in total. The van der Waals surface area contributed by atoms with Gasteiger partial charge < -0.3 is 5.32 Å². The summed E-state index contributed by atoms with van der Waals surface area (Å²) in [6.45, 7) is 2.21. The molecule has 2 aromatic carbocycles. The van der Waals surface area contributed by atoms with E-state index in [0.717, 1.165) is 17.7 Å². The minimum absolute atomic E-state index is 0.0366. The summed E-state index contributed by atoms with van der Waals surface area (Å²) >= 11 is 5.91. The molecule has 4 nitrogen and oxygen atoms in total. The molecule has 2 atom stereocenters. The Labute approximate surface area is 162 Å². The summed E-state index contributed by atoms with van der Waals surface area (Å²) in [4.78, 5) is 12.5. The van der Waals surface area contributed by atoms with Crippen molar-refractivity contribution in [2.24, 2.45) is 5.92 Å². The Balaban J connectivity index is 1.41. The molecular weight excluding hydrogens is 365 g/mol. The third kappa shape index (κ3) is 3.88. The number of benzene rings is 2. The topological polar surface area (TPSA) is 46.9 Å². The first-order valence-electron chi connectivity index (χ1n) is 8.85. The molecule has 2 unspecified atom stereocenters. The van der Waals surface area contributed by atoms with Crippen LogP contribution in [0.15, 0.2) is 54.6 Å². The largest absolute Gasteiger partial charge is 0.309 e. The molecule has 0 aliphatic heterocycles. The van der Waals surface area contributed by atoms with Crippen LogP contribution in [0, 0.1) is 18.7 Å². The average molecular weight is 384 g/mol. The van der Waals surface area contributed by atoms with E-state index in [1.807, 2.05) is 31.2 Å². The third-order valence-corrected chi connectivity index (χ3v) is 5.19. The Kier molecular flexibility index (Phi) is 4.70. The predicted molar refractivity (Wildman–Crippen MR) is 103 cm³/mol. The van der Waals surface area contributed by atoms with Crippen molar-refractivity contribution < 1.29 is 9.18 Å². The van der Waals surface area contributed by atoms with Gasteiger partial charge in [-0.3, -0.25) is 9.48 Å². The van der Waals surface area contributed by atoms with Crippen LogP contribution in [0.4, 0.5) is 10.2 Å². The lowest BCUT2D eigenvalue weighted by Crippen LogP contribution is -2.15. The van der Waals surface area contributed by atoms with Crippen LogP contribution in [0.3, 0.4) is 0 Å². The molecule has 1 fully saturated rings. The number of aromatic nitrogens is 2. The maximum absolute atomic E-state index is 13.8. The van der Waals surface area contributed by atoms with Crippen LogP contribution >= 0.6 is 11.6 Å². The minimum atomic E-state index is -0.262. The van der Waals surface area contributed by atoms with Gasteiger partial charge in [0, 0.05) is 28.3 Å². The maximum atomic E-state index is 13.8. The predicted octanol–water partition coefficient (Wildman–Crippen LogP) is 4.77. The van der Waals surface area contributed by atoms with E-state index in [4.69, 9.17) is 11.6 Å². The summed E-state index contributed by atoms with van der Waals surface area (Å²) in [7, 11) is 0. The van der Waals surface area contributed by atoms with E-state index in [9.17, 15) is 9.18 Å². The fourth-order valence-electron chi connectivity index (χ4n) is 3.30. The number of amides is 1. The molecule has 1 heterocycles. The van der Waals surface area contributed by atoms with Gasteiger partial charge in [-0.2, -0.15) is 5.10 Å². The van der Waals surface area contributed by atoms with Crippen LogP contribution in [0.1, 0.15) is 29.2 Å². The quantitative estimate of drug-likeness (QED) is 0.689. The molecule has 6 heteroatoms. The standard InChI is InChI=1S/C21H19ClFN3O/c1-13-10-20(25-26(13)12-15-4-2-3-5-19(15)23)24-21(27)18-11-17(18)14-6-8-16(22)9-7-14/h2-10,17-18H,11-12H2,1H3,(H,24,25,27). The summed E-state index contributed by atoms with van der Waals surface area (Å²) < 4.78 is 15.5. The van der Waals surface area contributed by atoms with Crippen LogP contribution < -0.4 is 5.32 Å². The number of anilines is 1. The van der Waals surface area contributed by atoms with E-state index in [1.54, 1.807) is 28.9 Å². The highest BCUT2D eigenvalue weighted by molar-refractivity contribution is 6.30. The van der Waals surface area contributed by atoms with E-state index in [0.29, 0.717) is 22.9 Å². The normalized spacial score (nSPS) is 18.3. The number of hydrogen-bond donors (Lipinski definition) is 1. The van der Waals surface area contributed by atoms with Gasteiger partial charge in [0.1, 0.15) is 5.82 Å². The summed E-state index contributed by atoms with van der Waals surface area (Å²) in [6, 6.07) is 16.0. The lowest BCUT2D eigenvalue weighted by molar-refractivity contribution is -0.117. The molecule has 1 saturated carbocycles. The summed E-state index contributed by atoms with van der Waals surface area (Å²) in [5.74, 6) is 0.370. The number of carbonyl (C=O) groups excluding carboxylic acids is 1. The van der Waals surface area contributed by atoms with Gasteiger partial charge in [-0.05, 0) is 43.0 Å². The maximum Gasteiger partial charge on any atom is 0.229 e. The van der Waals surface area contributed by atoms with Crippen LogP contribution in [0.2, 0.25) is 5.02 Å². The fourth-order valence-corrected chi connectivity index (χ4v) is 3.43. The monoisotopic (exact) mass is 383 g/mol. The van der Waals surface area contributed by atoms with Gasteiger partial charge in [0.25, 0.3) is 0 Å². The Hall–Kier alpha value is -2.66. The highest BCUT2D eigenvalue weighted by atomic mass is 35.5. The second-order valence-corrected chi connectivity index (χ2v) is 7.35. The zero-order valence-corrected chi connectivity index (χ0v) is 15.6. The highest BCUT2D eigenvalue weighted by Gasteiger charge is 2.44. The number of aryl methyl sites for hydroxylation is 1. The SMILES string of the molecule is Cc1cc(NC(=O)C2CC2c2ccc(Cl)cc2)nn1Cc1ccccc1F. The lowest BCUT2D eigenvalue weighted by Gasteiger charge is -2.05. The molecule has 0 spiro atoms. The third-order valence-electron chi connectivity index (χ3n) is 4.94. The van der Waals surface area contributed by atoms with Gasteiger partial charge in [0.15, 0.2) is 5.82 Å². The number of carbonyl (C=O) groups is 1. The smallest absolute Gasteiger partial charge is 0.229 e. The zero-order valence-electron chi connectivity index (χ0n) is 14.8. The van der Waals surface area contributed by atoms with Gasteiger partial charge >= 0.3 is 0 Å². The summed E-state index contributed by atoms with van der Waals surface area (Å²) in [5, 5.41) is 7.98. The molecule has 1 amide bonds. The molecule has 1 aliphatic carbocycles. The number of nitrogens with one attached hydrogen (secondary N) is 1.